The maximum atomic E-state index is 13.1. The maximum absolute atomic E-state index is 13.1. The lowest BCUT2D eigenvalue weighted by molar-refractivity contribution is -0.142. The summed E-state index contributed by atoms with van der Waals surface area (Å²) < 4.78 is 46.1. The van der Waals surface area contributed by atoms with Crippen molar-refractivity contribution in [3.63, 3.8) is 0 Å². The van der Waals surface area contributed by atoms with E-state index in [9.17, 15) is 18.0 Å². The highest BCUT2D eigenvalue weighted by Gasteiger charge is 2.43. The number of rotatable bonds is 5. The molecule has 1 aliphatic heterocycles. The second-order valence-electron chi connectivity index (χ2n) is 6.79. The molecule has 3 rings (SSSR count). The molecule has 1 saturated heterocycles. The van der Waals surface area contributed by atoms with Gasteiger partial charge in [0.05, 0.1) is 22.9 Å². The Bertz CT molecular complexity index is 652. The van der Waals surface area contributed by atoms with Crippen molar-refractivity contribution < 1.29 is 22.7 Å². The Morgan fingerprint density at radius 1 is 1.36 bits per heavy atom. The van der Waals surface area contributed by atoms with E-state index < -0.39 is 23.8 Å². The Labute approximate surface area is 148 Å². The quantitative estimate of drug-likeness (QED) is 0.849. The van der Waals surface area contributed by atoms with Gasteiger partial charge in [0.25, 0.3) is 0 Å². The molecule has 2 aliphatic rings. The normalized spacial score (nSPS) is 23.5. The minimum atomic E-state index is -4.65. The third-order valence-corrected chi connectivity index (χ3v) is 5.13. The molecule has 3 atom stereocenters. The molecule has 2 fully saturated rings. The van der Waals surface area contributed by atoms with Crippen molar-refractivity contribution in [2.24, 2.45) is 0 Å². The summed E-state index contributed by atoms with van der Waals surface area (Å²) in [4.78, 5) is 12.5. The molecule has 2 heterocycles. The van der Waals surface area contributed by atoms with Gasteiger partial charge in [0.1, 0.15) is 6.04 Å². The fraction of sp³-hybridized carbons (Fsp3) is 0.750. The van der Waals surface area contributed by atoms with Gasteiger partial charge in [0.2, 0.25) is 5.91 Å². The van der Waals surface area contributed by atoms with E-state index in [4.69, 9.17) is 16.3 Å². The van der Waals surface area contributed by atoms with Gasteiger partial charge in [-0.1, -0.05) is 11.6 Å². The highest BCUT2D eigenvalue weighted by Crippen LogP contribution is 2.47. The molecular weight excluding hydrogens is 359 g/mol. The zero-order chi connectivity index (χ0) is 18.4. The minimum absolute atomic E-state index is 0.0639. The summed E-state index contributed by atoms with van der Waals surface area (Å²) in [5.74, 6) is -0.459. The third-order valence-electron chi connectivity index (χ3n) is 4.76. The highest BCUT2D eigenvalue weighted by molar-refractivity contribution is 6.32. The molecule has 140 valence electrons. The summed E-state index contributed by atoms with van der Waals surface area (Å²) in [5, 5.41) is 6.07. The SMILES string of the molecule is C[C@H](C(=O)N[C@H](C)[C@@H]1CCCO1)n1nc(C(F)(F)F)c(Cl)c1C1CC1. The second kappa shape index (κ2) is 6.79. The number of hydrogen-bond donors (Lipinski definition) is 1. The summed E-state index contributed by atoms with van der Waals surface area (Å²) in [6.45, 7) is 4.03. The number of carbonyl (C=O) groups is 1. The van der Waals surface area contributed by atoms with Crippen LogP contribution in [0.15, 0.2) is 0 Å². The molecule has 1 aliphatic carbocycles. The highest BCUT2D eigenvalue weighted by atomic mass is 35.5. The van der Waals surface area contributed by atoms with Gasteiger partial charge in [0.15, 0.2) is 5.69 Å². The first kappa shape index (κ1) is 18.5. The molecule has 9 heteroatoms. The first-order valence-electron chi connectivity index (χ1n) is 8.47. The van der Waals surface area contributed by atoms with Crippen LogP contribution >= 0.6 is 11.6 Å². The summed E-state index contributed by atoms with van der Waals surface area (Å²) in [7, 11) is 0. The Morgan fingerprint density at radius 3 is 2.56 bits per heavy atom. The van der Waals surface area contributed by atoms with Crippen LogP contribution in [0.4, 0.5) is 13.2 Å². The van der Waals surface area contributed by atoms with Crippen LogP contribution < -0.4 is 5.32 Å². The Balaban J connectivity index is 1.81. The average molecular weight is 380 g/mol. The lowest BCUT2D eigenvalue weighted by atomic mass is 10.1. The third kappa shape index (κ3) is 3.79. The minimum Gasteiger partial charge on any atom is -0.376 e. The molecule has 1 N–H and O–H groups in total. The topological polar surface area (TPSA) is 56.1 Å². The number of carbonyl (C=O) groups excluding carboxylic acids is 1. The number of aromatic nitrogens is 2. The van der Waals surface area contributed by atoms with Gasteiger partial charge in [-0.2, -0.15) is 18.3 Å². The van der Waals surface area contributed by atoms with Crippen molar-refractivity contribution in [1.29, 1.82) is 0 Å². The molecule has 0 spiro atoms. The first-order chi connectivity index (χ1) is 11.7. The number of nitrogens with one attached hydrogen (secondary N) is 1. The van der Waals surface area contributed by atoms with Gasteiger partial charge < -0.3 is 10.1 Å². The number of amides is 1. The fourth-order valence-corrected chi connectivity index (χ4v) is 3.56. The fourth-order valence-electron chi connectivity index (χ4n) is 3.17. The van der Waals surface area contributed by atoms with E-state index >= 15 is 0 Å². The molecule has 0 unspecified atom stereocenters. The molecule has 0 radical (unpaired) electrons. The molecule has 5 nitrogen and oxygen atoms in total. The molecule has 1 aromatic rings. The number of halogens is 4. The van der Waals surface area contributed by atoms with Crippen molar-refractivity contribution in [3.8, 4) is 0 Å². The van der Waals surface area contributed by atoms with Gasteiger partial charge in [-0.05, 0) is 39.5 Å². The predicted octanol–water partition coefficient (Wildman–Crippen LogP) is 3.68. The maximum Gasteiger partial charge on any atom is 0.436 e. The average Bonchev–Trinajstić information content (AvgIpc) is 3.08. The van der Waals surface area contributed by atoms with Crippen LogP contribution in [0.3, 0.4) is 0 Å². The van der Waals surface area contributed by atoms with E-state index in [1.165, 1.54) is 6.92 Å². The zero-order valence-electron chi connectivity index (χ0n) is 14.1. The van der Waals surface area contributed by atoms with Crippen molar-refractivity contribution in [2.75, 3.05) is 6.61 Å². The molecule has 1 saturated carbocycles. The van der Waals surface area contributed by atoms with Gasteiger partial charge in [-0.15, -0.1) is 0 Å². The molecule has 0 aromatic carbocycles. The molecule has 1 amide bonds. The van der Waals surface area contributed by atoms with E-state index in [0.29, 0.717) is 12.3 Å². The van der Waals surface area contributed by atoms with Gasteiger partial charge in [-0.3, -0.25) is 9.48 Å². The van der Waals surface area contributed by atoms with Crippen LogP contribution in [0, 0.1) is 0 Å². The van der Waals surface area contributed by atoms with Gasteiger partial charge >= 0.3 is 6.18 Å². The number of ether oxygens (including phenoxy) is 1. The lowest BCUT2D eigenvalue weighted by Gasteiger charge is -2.23. The Hall–Kier alpha value is -1.28. The molecule has 25 heavy (non-hydrogen) atoms. The van der Waals surface area contributed by atoms with E-state index in [-0.39, 0.29) is 23.1 Å². The van der Waals surface area contributed by atoms with E-state index in [1.807, 2.05) is 6.92 Å². The number of hydrogen-bond acceptors (Lipinski definition) is 3. The van der Waals surface area contributed by atoms with E-state index in [1.54, 1.807) is 0 Å². The van der Waals surface area contributed by atoms with Crippen LogP contribution in [-0.4, -0.2) is 34.4 Å². The largest absolute Gasteiger partial charge is 0.436 e. The summed E-state index contributed by atoms with van der Waals surface area (Å²) in [6.07, 6.45) is -1.41. The van der Waals surface area contributed by atoms with Crippen molar-refractivity contribution in [3.05, 3.63) is 16.4 Å². The summed E-state index contributed by atoms with van der Waals surface area (Å²) in [5.41, 5.74) is -0.815. The Kier molecular flexibility index (Phi) is 5.03. The van der Waals surface area contributed by atoms with Gasteiger partial charge in [-0.25, -0.2) is 0 Å². The first-order valence-corrected chi connectivity index (χ1v) is 8.85. The summed E-state index contributed by atoms with van der Waals surface area (Å²) in [6, 6.07) is -1.09. The smallest absolute Gasteiger partial charge is 0.376 e. The van der Waals surface area contributed by atoms with Crippen LogP contribution in [0.25, 0.3) is 0 Å². The number of nitrogens with zero attached hydrogens (tertiary/aromatic N) is 2. The van der Waals surface area contributed by atoms with Crippen molar-refractivity contribution in [1.82, 2.24) is 15.1 Å². The van der Waals surface area contributed by atoms with Crippen LogP contribution in [0.2, 0.25) is 5.02 Å². The van der Waals surface area contributed by atoms with Crippen molar-refractivity contribution >= 4 is 17.5 Å². The summed E-state index contributed by atoms with van der Waals surface area (Å²) >= 11 is 5.95. The standard InChI is InChI=1S/C16H21ClF3N3O2/c1-8(11-4-3-7-25-11)21-15(24)9(2)23-13(10-5-6-10)12(17)14(22-23)16(18,19)20/h8-11H,3-7H2,1-2H3,(H,21,24)/t8-,9-,11+/m1/s1. The zero-order valence-corrected chi connectivity index (χ0v) is 14.8. The lowest BCUT2D eigenvalue weighted by Crippen LogP contribution is -2.44. The van der Waals surface area contributed by atoms with Gasteiger partial charge in [0, 0.05) is 12.5 Å². The molecular formula is C16H21ClF3N3O2. The van der Waals surface area contributed by atoms with Crippen LogP contribution in [0.1, 0.15) is 62.9 Å². The monoisotopic (exact) mass is 379 g/mol. The van der Waals surface area contributed by atoms with Crippen LogP contribution in [0.5, 0.6) is 0 Å². The Morgan fingerprint density at radius 2 is 2.04 bits per heavy atom. The molecule has 1 aromatic heterocycles. The second-order valence-corrected chi connectivity index (χ2v) is 7.17. The van der Waals surface area contributed by atoms with Crippen molar-refractivity contribution in [2.45, 2.75) is 69.8 Å². The van der Waals surface area contributed by atoms with Crippen LogP contribution in [-0.2, 0) is 15.7 Å². The molecule has 0 bridgehead atoms. The van der Waals surface area contributed by atoms with E-state index in [0.717, 1.165) is 30.4 Å². The number of alkyl halides is 3. The van der Waals surface area contributed by atoms with E-state index in [2.05, 4.69) is 10.4 Å². The predicted molar refractivity (Wildman–Crippen MR) is 85.5 cm³/mol.